The zero-order valence-corrected chi connectivity index (χ0v) is 8.91. The first-order chi connectivity index (χ1) is 6.81. The summed E-state index contributed by atoms with van der Waals surface area (Å²) in [6.07, 6.45) is 4.88. The van der Waals surface area contributed by atoms with Gasteiger partial charge in [-0.05, 0) is 25.2 Å². The monoisotopic (exact) mass is 199 g/mol. The molecule has 3 heteroatoms. The van der Waals surface area contributed by atoms with E-state index in [1.54, 1.807) is 0 Å². The van der Waals surface area contributed by atoms with Crippen LogP contribution < -0.4 is 5.32 Å². The van der Waals surface area contributed by atoms with Crippen molar-refractivity contribution in [2.45, 2.75) is 50.8 Å². The Bertz CT molecular complexity index is 182. The lowest BCUT2D eigenvalue weighted by atomic mass is 10.0. The molecule has 0 radical (unpaired) electrons. The molecule has 1 aliphatic carbocycles. The fourth-order valence-corrected chi connectivity index (χ4v) is 2.24. The predicted molar refractivity (Wildman–Crippen MR) is 55.2 cm³/mol. The third kappa shape index (κ3) is 2.47. The van der Waals surface area contributed by atoms with E-state index in [2.05, 4.69) is 12.2 Å². The minimum Gasteiger partial charge on any atom is -0.389 e. The van der Waals surface area contributed by atoms with Crippen molar-refractivity contribution in [3.8, 4) is 0 Å². The van der Waals surface area contributed by atoms with Crippen LogP contribution in [0.2, 0.25) is 0 Å². The quantitative estimate of drug-likeness (QED) is 0.691. The van der Waals surface area contributed by atoms with Gasteiger partial charge in [-0.2, -0.15) is 0 Å². The average Bonchev–Trinajstić information content (AvgIpc) is 2.93. The Balaban J connectivity index is 1.80. The van der Waals surface area contributed by atoms with Crippen molar-refractivity contribution >= 4 is 0 Å². The van der Waals surface area contributed by atoms with Gasteiger partial charge in [0.2, 0.25) is 0 Å². The van der Waals surface area contributed by atoms with Crippen LogP contribution in [0.5, 0.6) is 0 Å². The molecule has 0 aromatic rings. The molecule has 14 heavy (non-hydrogen) atoms. The summed E-state index contributed by atoms with van der Waals surface area (Å²) in [4.78, 5) is 0. The Morgan fingerprint density at radius 2 is 2.21 bits per heavy atom. The van der Waals surface area contributed by atoms with E-state index < -0.39 is 0 Å². The third-order valence-electron chi connectivity index (χ3n) is 3.27. The molecular weight excluding hydrogens is 178 g/mol. The molecule has 0 bridgehead atoms. The van der Waals surface area contributed by atoms with Gasteiger partial charge in [0, 0.05) is 6.04 Å². The first-order valence-corrected chi connectivity index (χ1v) is 5.83. The Morgan fingerprint density at radius 3 is 2.71 bits per heavy atom. The second-order valence-corrected chi connectivity index (χ2v) is 4.61. The summed E-state index contributed by atoms with van der Waals surface area (Å²) in [7, 11) is 0. The smallest absolute Gasteiger partial charge is 0.0948 e. The van der Waals surface area contributed by atoms with Crippen LogP contribution in [0.4, 0.5) is 0 Å². The van der Waals surface area contributed by atoms with Crippen LogP contribution in [0.1, 0.15) is 32.6 Å². The van der Waals surface area contributed by atoms with Gasteiger partial charge in [-0.25, -0.2) is 0 Å². The highest BCUT2D eigenvalue weighted by Gasteiger charge is 2.35. The summed E-state index contributed by atoms with van der Waals surface area (Å²) in [6, 6.07) is 0.786. The summed E-state index contributed by atoms with van der Waals surface area (Å²) in [5, 5.41) is 13.2. The topological polar surface area (TPSA) is 41.5 Å². The fourth-order valence-electron chi connectivity index (χ4n) is 2.24. The van der Waals surface area contributed by atoms with E-state index in [0.29, 0.717) is 19.3 Å². The van der Waals surface area contributed by atoms with Gasteiger partial charge in [-0.3, -0.25) is 0 Å². The second kappa shape index (κ2) is 4.60. The van der Waals surface area contributed by atoms with Crippen LogP contribution in [0.15, 0.2) is 0 Å². The molecule has 2 fully saturated rings. The maximum absolute atomic E-state index is 9.62. The van der Waals surface area contributed by atoms with Crippen molar-refractivity contribution < 1.29 is 9.84 Å². The summed E-state index contributed by atoms with van der Waals surface area (Å²) in [5.41, 5.74) is 0. The highest BCUT2D eigenvalue weighted by molar-refractivity contribution is 4.91. The number of aliphatic hydroxyl groups excluding tert-OH is 1. The minimum absolute atomic E-state index is 0.173. The van der Waals surface area contributed by atoms with Gasteiger partial charge in [0.25, 0.3) is 0 Å². The van der Waals surface area contributed by atoms with Crippen molar-refractivity contribution in [3.63, 3.8) is 0 Å². The number of ether oxygens (including phenoxy) is 1. The molecule has 82 valence electrons. The Morgan fingerprint density at radius 1 is 1.43 bits per heavy atom. The second-order valence-electron chi connectivity index (χ2n) is 4.61. The van der Waals surface area contributed by atoms with Crippen molar-refractivity contribution in [3.05, 3.63) is 0 Å². The summed E-state index contributed by atoms with van der Waals surface area (Å²) in [6.45, 7) is 3.40. The van der Waals surface area contributed by atoms with Gasteiger partial charge in [0.1, 0.15) is 0 Å². The van der Waals surface area contributed by atoms with Crippen LogP contribution in [0, 0.1) is 5.92 Å². The average molecular weight is 199 g/mol. The van der Waals surface area contributed by atoms with Crippen LogP contribution in [-0.2, 0) is 4.74 Å². The minimum atomic E-state index is -0.298. The first kappa shape index (κ1) is 10.4. The molecule has 0 spiro atoms. The predicted octanol–water partition coefficient (Wildman–Crippen LogP) is 0.914. The zero-order chi connectivity index (χ0) is 9.97. The summed E-state index contributed by atoms with van der Waals surface area (Å²) in [5.74, 6) is 0.864. The molecule has 0 aromatic carbocycles. The first-order valence-electron chi connectivity index (χ1n) is 5.83. The van der Waals surface area contributed by atoms with Gasteiger partial charge >= 0.3 is 0 Å². The molecule has 3 unspecified atom stereocenters. The largest absolute Gasteiger partial charge is 0.389 e. The normalized spacial score (nSPS) is 34.7. The lowest BCUT2D eigenvalue weighted by Gasteiger charge is -2.23. The molecule has 0 aromatic heterocycles. The molecule has 2 aliphatic rings. The van der Waals surface area contributed by atoms with Crippen molar-refractivity contribution in [2.75, 3.05) is 13.2 Å². The fraction of sp³-hybridized carbons (Fsp3) is 1.00. The zero-order valence-electron chi connectivity index (χ0n) is 8.91. The van der Waals surface area contributed by atoms with Gasteiger partial charge in [0.15, 0.2) is 0 Å². The standard InChI is InChI=1S/C11H21NO2/c1-2-3-9(8-4-5-8)12-10-6-14-7-11(10)13/h8-13H,2-7H2,1H3. The van der Waals surface area contributed by atoms with Gasteiger partial charge < -0.3 is 15.2 Å². The highest BCUT2D eigenvalue weighted by atomic mass is 16.5. The van der Waals surface area contributed by atoms with Crippen molar-refractivity contribution in [2.24, 2.45) is 5.92 Å². The molecule has 1 heterocycles. The lowest BCUT2D eigenvalue weighted by molar-refractivity contribution is 0.120. The molecule has 1 saturated carbocycles. The van der Waals surface area contributed by atoms with Crippen LogP contribution in [0.3, 0.4) is 0 Å². The van der Waals surface area contributed by atoms with Crippen molar-refractivity contribution in [1.29, 1.82) is 0 Å². The van der Waals surface area contributed by atoms with Gasteiger partial charge in [0.05, 0.1) is 25.4 Å². The number of hydrogen-bond donors (Lipinski definition) is 2. The van der Waals surface area contributed by atoms with E-state index in [9.17, 15) is 5.11 Å². The number of nitrogens with one attached hydrogen (secondary N) is 1. The molecule has 2 N–H and O–H groups in total. The molecule has 1 aliphatic heterocycles. The maximum Gasteiger partial charge on any atom is 0.0948 e. The van der Waals surface area contributed by atoms with E-state index in [1.165, 1.54) is 25.7 Å². The lowest BCUT2D eigenvalue weighted by Crippen LogP contribution is -2.45. The van der Waals surface area contributed by atoms with Crippen LogP contribution in [0.25, 0.3) is 0 Å². The Labute approximate surface area is 85.8 Å². The molecule has 1 saturated heterocycles. The molecule has 3 atom stereocenters. The molecule has 2 rings (SSSR count). The van der Waals surface area contributed by atoms with E-state index in [0.717, 1.165) is 5.92 Å². The van der Waals surface area contributed by atoms with E-state index >= 15 is 0 Å². The van der Waals surface area contributed by atoms with Crippen LogP contribution >= 0.6 is 0 Å². The third-order valence-corrected chi connectivity index (χ3v) is 3.27. The number of rotatable bonds is 5. The van der Waals surface area contributed by atoms with Gasteiger partial charge in [-0.1, -0.05) is 13.3 Å². The van der Waals surface area contributed by atoms with E-state index in [4.69, 9.17) is 4.74 Å². The Kier molecular flexibility index (Phi) is 3.42. The van der Waals surface area contributed by atoms with Gasteiger partial charge in [-0.15, -0.1) is 0 Å². The SMILES string of the molecule is CCCC(NC1COCC1O)C1CC1. The van der Waals surface area contributed by atoms with E-state index in [-0.39, 0.29) is 12.1 Å². The van der Waals surface area contributed by atoms with Crippen molar-refractivity contribution in [1.82, 2.24) is 5.32 Å². The molecule has 3 nitrogen and oxygen atoms in total. The number of aliphatic hydroxyl groups is 1. The molecular formula is C11H21NO2. The molecule has 0 amide bonds. The number of hydrogen-bond acceptors (Lipinski definition) is 3. The van der Waals surface area contributed by atoms with E-state index in [1.807, 2.05) is 0 Å². The maximum atomic E-state index is 9.62. The summed E-state index contributed by atoms with van der Waals surface area (Å²) < 4.78 is 5.24. The summed E-state index contributed by atoms with van der Waals surface area (Å²) >= 11 is 0. The van der Waals surface area contributed by atoms with Crippen LogP contribution in [-0.4, -0.2) is 36.5 Å². The Hall–Kier alpha value is -0.120. The highest BCUT2D eigenvalue weighted by Crippen LogP contribution is 2.35.